The summed E-state index contributed by atoms with van der Waals surface area (Å²) in [6.07, 6.45) is 0. The Morgan fingerprint density at radius 1 is 1.20 bits per heavy atom. The van der Waals surface area contributed by atoms with Gasteiger partial charge >= 0.3 is 23.9 Å². The second-order valence-corrected chi connectivity index (χ2v) is 1.67. The van der Waals surface area contributed by atoms with Gasteiger partial charge in [-0.15, -0.1) is 0 Å². The molecule has 0 aromatic heterocycles. The minimum atomic E-state index is -0.879. The van der Waals surface area contributed by atoms with Crippen molar-refractivity contribution >= 4 is 23.9 Å². The molecule has 0 spiro atoms. The quantitative estimate of drug-likeness (QED) is 0.657. The van der Waals surface area contributed by atoms with Crippen molar-refractivity contribution in [3.05, 3.63) is 35.9 Å². The van der Waals surface area contributed by atoms with Crippen LogP contribution in [-0.4, -0.2) is 29.0 Å². The molecule has 0 heterocycles. The number of aromatic carboxylic acids is 1. The molecule has 3 heteroatoms. The van der Waals surface area contributed by atoms with E-state index >= 15 is 0 Å². The second kappa shape index (κ2) is 4.13. The van der Waals surface area contributed by atoms with E-state index < -0.39 is 5.97 Å². The number of rotatable bonds is 1. The molecule has 0 fully saturated rings. The van der Waals surface area contributed by atoms with E-state index in [0.29, 0.717) is 5.56 Å². The maximum atomic E-state index is 10.2. The Kier molecular flexibility index (Phi) is 3.82. The van der Waals surface area contributed by atoms with Crippen molar-refractivity contribution in [2.45, 2.75) is 0 Å². The Bertz CT molecular complexity index is 208. The molecule has 54 valence electrons. The fourth-order valence-corrected chi connectivity index (χ4v) is 0.581. The Labute approximate surface area is 70.2 Å². The molecule has 1 unspecified atom stereocenters. The van der Waals surface area contributed by atoms with Gasteiger partial charge in [0.15, 0.2) is 0 Å². The molecule has 1 rings (SSSR count). The summed E-state index contributed by atoms with van der Waals surface area (Å²) in [4.78, 5) is 10.2. The van der Waals surface area contributed by atoms with Crippen LogP contribution in [0.3, 0.4) is 0 Å². The number of hydrogen-bond acceptors (Lipinski definition) is 1. The van der Waals surface area contributed by atoms with Crippen LogP contribution in [0.15, 0.2) is 30.3 Å². The van der Waals surface area contributed by atoms with Crippen LogP contribution in [0.2, 0.25) is 0 Å². The molecule has 0 amide bonds. The van der Waals surface area contributed by atoms with E-state index in [0.717, 1.165) is 0 Å². The van der Waals surface area contributed by atoms with E-state index in [4.69, 9.17) is 5.11 Å². The molecule has 1 aromatic rings. The Morgan fingerprint density at radius 3 is 2.00 bits per heavy atom. The minimum absolute atomic E-state index is 0. The summed E-state index contributed by atoms with van der Waals surface area (Å²) in [5.74, 6) is -0.879. The van der Waals surface area contributed by atoms with Crippen molar-refractivity contribution in [3.63, 3.8) is 0 Å². The van der Waals surface area contributed by atoms with Gasteiger partial charge in [-0.05, 0) is 12.1 Å². The summed E-state index contributed by atoms with van der Waals surface area (Å²) in [5, 5.41) is 8.38. The van der Waals surface area contributed by atoms with Crippen molar-refractivity contribution in [2.24, 2.45) is 0 Å². The average Bonchev–Trinajstić information content (AvgIpc) is 1.90. The first-order chi connectivity index (χ1) is 4.30. The zero-order valence-corrected chi connectivity index (χ0v) is 8.42. The molecule has 0 aliphatic rings. The van der Waals surface area contributed by atoms with Gasteiger partial charge < -0.3 is 5.11 Å². The van der Waals surface area contributed by atoms with Crippen LogP contribution in [-0.2, 0) is 0 Å². The van der Waals surface area contributed by atoms with E-state index in [1.807, 2.05) is 0 Å². The van der Waals surface area contributed by atoms with Gasteiger partial charge in [0.05, 0.1) is 5.56 Å². The van der Waals surface area contributed by atoms with Gasteiger partial charge in [-0.25, -0.2) is 4.79 Å². The molecule has 2 nitrogen and oxygen atoms in total. The third-order valence-corrected chi connectivity index (χ3v) is 1.02. The average molecular weight is 200 g/mol. The van der Waals surface area contributed by atoms with Crippen LogP contribution in [0.1, 0.15) is 10.4 Å². The molecule has 1 N–H and O–H groups in total. The van der Waals surface area contributed by atoms with Gasteiger partial charge in [-0.2, -0.15) is 0 Å². The molecule has 0 aliphatic carbocycles. The van der Waals surface area contributed by atoms with Gasteiger partial charge in [-0.3, -0.25) is 0 Å². The molecule has 1 atom stereocenters. The van der Waals surface area contributed by atoms with E-state index in [1.165, 1.54) is 0 Å². The van der Waals surface area contributed by atoms with Crippen LogP contribution in [0.5, 0.6) is 0 Å². The van der Waals surface area contributed by atoms with Gasteiger partial charge in [-0.1, -0.05) is 18.2 Å². The summed E-state index contributed by atoms with van der Waals surface area (Å²) >= 11 is 0. The van der Waals surface area contributed by atoms with Gasteiger partial charge in [0, 0.05) is 0 Å². The van der Waals surface area contributed by atoms with Crippen molar-refractivity contribution < 1.29 is 9.90 Å². The Balaban J connectivity index is 0.000000810. The fraction of sp³-hybridized carbons (Fsp3) is 0. The van der Waals surface area contributed by atoms with Crippen molar-refractivity contribution in [1.29, 1.82) is 0 Å². The number of carboxylic acid groups (broad SMARTS) is 1. The standard InChI is InChI=1S/C7H6O2.AsH3/c8-7(9)6-4-2-1-3-5-6;/h1-5H,(H,8,9);1H3. The molecule has 10 heavy (non-hydrogen) atoms. The molecule has 1 aromatic carbocycles. The van der Waals surface area contributed by atoms with Crippen LogP contribution in [0.25, 0.3) is 0 Å². The Morgan fingerprint density at radius 2 is 1.70 bits per heavy atom. The number of carboxylic acids is 1. The zero-order chi connectivity index (χ0) is 6.69. The molecule has 0 radical (unpaired) electrons. The summed E-state index contributed by atoms with van der Waals surface area (Å²) in [6.45, 7) is 0. The maximum absolute atomic E-state index is 10.2. The molecule has 0 saturated carbocycles. The van der Waals surface area contributed by atoms with Crippen LogP contribution < -0.4 is 0 Å². The first-order valence-electron chi connectivity index (χ1n) is 2.59. The first-order valence-corrected chi connectivity index (χ1v) is 2.59. The van der Waals surface area contributed by atoms with Crippen molar-refractivity contribution in [2.75, 3.05) is 0 Å². The monoisotopic (exact) mass is 200 g/mol. The SMILES string of the molecule is O=C(O)c1ccccc1.[AsH3]. The predicted octanol–water partition coefficient (Wildman–Crippen LogP) is 0.201. The van der Waals surface area contributed by atoms with Gasteiger partial charge in [0.25, 0.3) is 0 Å². The molecule has 0 aliphatic heterocycles. The van der Waals surface area contributed by atoms with Crippen LogP contribution in [0, 0.1) is 0 Å². The van der Waals surface area contributed by atoms with Crippen molar-refractivity contribution in [1.82, 2.24) is 0 Å². The Hall–Kier alpha value is -0.752. The predicted molar refractivity (Wildman–Crippen MR) is 43.3 cm³/mol. The van der Waals surface area contributed by atoms with Gasteiger partial charge in [0.2, 0.25) is 0 Å². The zero-order valence-electron chi connectivity index (χ0n) is 5.45. The fourth-order valence-electron chi connectivity index (χ4n) is 0.581. The normalized spacial score (nSPS) is 8.00. The van der Waals surface area contributed by atoms with E-state index in [-0.39, 0.29) is 18.0 Å². The second-order valence-electron chi connectivity index (χ2n) is 1.67. The first kappa shape index (κ1) is 9.25. The molecule has 0 bridgehead atoms. The topological polar surface area (TPSA) is 37.3 Å². The number of benzene rings is 1. The summed E-state index contributed by atoms with van der Waals surface area (Å²) in [7, 11) is 0. The summed E-state index contributed by atoms with van der Waals surface area (Å²) in [5.41, 5.74) is 0.331. The van der Waals surface area contributed by atoms with E-state index in [2.05, 4.69) is 0 Å². The summed E-state index contributed by atoms with van der Waals surface area (Å²) in [6, 6.07) is 8.30. The molecule has 0 saturated heterocycles. The third-order valence-electron chi connectivity index (χ3n) is 1.02. The van der Waals surface area contributed by atoms with E-state index in [1.54, 1.807) is 30.3 Å². The summed E-state index contributed by atoms with van der Waals surface area (Å²) < 4.78 is 0. The van der Waals surface area contributed by atoms with Crippen molar-refractivity contribution in [3.8, 4) is 0 Å². The van der Waals surface area contributed by atoms with Crippen LogP contribution >= 0.6 is 0 Å². The van der Waals surface area contributed by atoms with Gasteiger partial charge in [0.1, 0.15) is 0 Å². The third kappa shape index (κ3) is 2.24. The van der Waals surface area contributed by atoms with Crippen LogP contribution in [0.4, 0.5) is 0 Å². The van der Waals surface area contributed by atoms with E-state index in [9.17, 15) is 4.79 Å². The molecular formula is C7H9AsO2. The molecular weight excluding hydrogens is 191 g/mol. The number of hydrogen-bond donors (Lipinski definition) is 1. The number of carbonyl (C=O) groups is 1.